The molecule has 2 N–H and O–H groups in total. The maximum Gasteiger partial charge on any atom is 0.119 e. The molecule has 0 saturated carbocycles. The molecule has 3 rings (SSSR count). The molecule has 5 heteroatoms. The lowest BCUT2D eigenvalue weighted by Crippen LogP contribution is -1.89. The lowest BCUT2D eigenvalue weighted by molar-refractivity contribution is 0.415. The summed E-state index contributed by atoms with van der Waals surface area (Å²) < 4.78 is 5.25. The van der Waals surface area contributed by atoms with Gasteiger partial charge in [-0.15, -0.1) is 0 Å². The van der Waals surface area contributed by atoms with Crippen molar-refractivity contribution in [3.05, 3.63) is 59.2 Å². The van der Waals surface area contributed by atoms with Crippen molar-refractivity contribution < 1.29 is 4.74 Å². The molecule has 0 saturated heterocycles. The summed E-state index contributed by atoms with van der Waals surface area (Å²) >= 11 is 5.84. The molecular formula is C16H14ClN3O. The summed E-state index contributed by atoms with van der Waals surface area (Å²) in [5.41, 5.74) is 5.89. The lowest BCUT2D eigenvalue weighted by Gasteiger charge is -2.00. The fourth-order valence-electron chi connectivity index (χ4n) is 2.06. The van der Waals surface area contributed by atoms with Crippen molar-refractivity contribution in [1.29, 1.82) is 0 Å². The number of anilines is 1. The zero-order chi connectivity index (χ0) is 14.7. The normalized spacial score (nSPS) is 11.1. The van der Waals surface area contributed by atoms with Crippen molar-refractivity contribution in [3.63, 3.8) is 0 Å². The van der Waals surface area contributed by atoms with Crippen LogP contribution in [0.15, 0.2) is 53.8 Å². The Balaban J connectivity index is 1.80. The van der Waals surface area contributed by atoms with E-state index in [1.165, 1.54) is 0 Å². The van der Waals surface area contributed by atoms with Crippen LogP contribution >= 0.6 is 11.6 Å². The maximum atomic E-state index is 5.84. The van der Waals surface area contributed by atoms with Crippen LogP contribution < -0.4 is 10.2 Å². The number of benzene rings is 2. The molecule has 0 bridgehead atoms. The first-order chi connectivity index (χ1) is 10.3. The molecule has 21 heavy (non-hydrogen) atoms. The molecule has 0 fully saturated rings. The maximum absolute atomic E-state index is 5.84. The molecule has 0 spiro atoms. The molecule has 1 heterocycles. The molecule has 2 aromatic carbocycles. The first-order valence-electron chi connectivity index (χ1n) is 6.46. The highest BCUT2D eigenvalue weighted by molar-refractivity contribution is 6.30. The topological polar surface area (TPSA) is 49.4 Å². The second-order valence-corrected chi connectivity index (χ2v) is 4.97. The van der Waals surface area contributed by atoms with E-state index in [0.717, 1.165) is 27.9 Å². The van der Waals surface area contributed by atoms with Gasteiger partial charge in [-0.25, -0.2) is 0 Å². The zero-order valence-electron chi connectivity index (χ0n) is 11.4. The Hall–Kier alpha value is -2.46. The van der Waals surface area contributed by atoms with E-state index >= 15 is 0 Å². The summed E-state index contributed by atoms with van der Waals surface area (Å²) in [6, 6.07) is 13.3. The smallest absolute Gasteiger partial charge is 0.119 e. The molecule has 1 aromatic heterocycles. The number of nitrogens with one attached hydrogen (secondary N) is 2. The monoisotopic (exact) mass is 299 g/mol. The van der Waals surface area contributed by atoms with Crippen molar-refractivity contribution in [1.82, 2.24) is 4.98 Å². The van der Waals surface area contributed by atoms with Gasteiger partial charge < -0.3 is 9.72 Å². The number of fused-ring (bicyclic) bond motifs is 1. The largest absolute Gasteiger partial charge is 0.497 e. The van der Waals surface area contributed by atoms with Gasteiger partial charge in [0.2, 0.25) is 0 Å². The highest BCUT2D eigenvalue weighted by atomic mass is 35.5. The fraction of sp³-hybridized carbons (Fsp3) is 0.0625. The molecule has 4 nitrogen and oxygen atoms in total. The van der Waals surface area contributed by atoms with Crippen LogP contribution in [-0.2, 0) is 0 Å². The van der Waals surface area contributed by atoms with E-state index in [0.29, 0.717) is 5.02 Å². The van der Waals surface area contributed by atoms with Gasteiger partial charge in [0.05, 0.1) is 19.0 Å². The van der Waals surface area contributed by atoms with Crippen LogP contribution in [0.4, 0.5) is 5.69 Å². The second-order valence-electron chi connectivity index (χ2n) is 4.53. The Labute approximate surface area is 127 Å². The number of H-pyrrole nitrogens is 1. The first-order valence-corrected chi connectivity index (χ1v) is 6.84. The van der Waals surface area contributed by atoms with E-state index in [4.69, 9.17) is 16.3 Å². The third-order valence-corrected chi connectivity index (χ3v) is 3.41. The Bertz CT molecular complexity index is 778. The number of hydrazone groups is 1. The molecule has 0 aliphatic rings. The van der Waals surface area contributed by atoms with Crippen LogP contribution in [0.5, 0.6) is 5.75 Å². The molecule has 0 unspecified atom stereocenters. The molecular weight excluding hydrogens is 286 g/mol. The number of hydrogen-bond donors (Lipinski definition) is 2. The number of aromatic amines is 1. The van der Waals surface area contributed by atoms with Crippen molar-refractivity contribution >= 4 is 34.4 Å². The number of hydrogen-bond acceptors (Lipinski definition) is 3. The van der Waals surface area contributed by atoms with Gasteiger partial charge in [-0.2, -0.15) is 5.10 Å². The summed E-state index contributed by atoms with van der Waals surface area (Å²) in [4.78, 5) is 3.20. The average Bonchev–Trinajstić information content (AvgIpc) is 2.91. The summed E-state index contributed by atoms with van der Waals surface area (Å²) in [5, 5.41) is 6.01. The van der Waals surface area contributed by atoms with Crippen LogP contribution in [0, 0.1) is 0 Å². The van der Waals surface area contributed by atoms with Gasteiger partial charge in [0.15, 0.2) is 0 Å². The Kier molecular flexibility index (Phi) is 3.79. The number of nitrogens with zero attached hydrogens (tertiary/aromatic N) is 1. The quantitative estimate of drug-likeness (QED) is 0.558. The predicted octanol–water partition coefficient (Wildman–Crippen LogP) is 4.28. The highest BCUT2D eigenvalue weighted by Gasteiger charge is 2.03. The minimum Gasteiger partial charge on any atom is -0.497 e. The van der Waals surface area contributed by atoms with Crippen molar-refractivity contribution in [2.75, 3.05) is 12.5 Å². The van der Waals surface area contributed by atoms with Gasteiger partial charge in [0.25, 0.3) is 0 Å². The van der Waals surface area contributed by atoms with Gasteiger partial charge in [-0.05, 0) is 42.5 Å². The minimum atomic E-state index is 0.702. The van der Waals surface area contributed by atoms with Gasteiger partial charge in [0, 0.05) is 27.7 Å². The van der Waals surface area contributed by atoms with E-state index < -0.39 is 0 Å². The molecule has 0 aliphatic heterocycles. The Morgan fingerprint density at radius 2 is 2.00 bits per heavy atom. The number of methoxy groups -OCH3 is 1. The van der Waals surface area contributed by atoms with E-state index in [9.17, 15) is 0 Å². The predicted molar refractivity (Wildman–Crippen MR) is 87.5 cm³/mol. The Morgan fingerprint density at radius 3 is 2.76 bits per heavy atom. The summed E-state index contributed by atoms with van der Waals surface area (Å²) in [5.74, 6) is 0.822. The van der Waals surface area contributed by atoms with Crippen molar-refractivity contribution in [2.24, 2.45) is 5.10 Å². The van der Waals surface area contributed by atoms with Crippen LogP contribution in [-0.4, -0.2) is 18.3 Å². The molecule has 0 aliphatic carbocycles. The number of halogens is 1. The SMILES string of the molecule is COc1ccc2[nH]cc(/C=N\Nc3ccc(Cl)cc3)c2c1. The van der Waals surface area contributed by atoms with Gasteiger partial charge >= 0.3 is 0 Å². The second kappa shape index (κ2) is 5.89. The third-order valence-electron chi connectivity index (χ3n) is 3.16. The zero-order valence-corrected chi connectivity index (χ0v) is 12.2. The first kappa shape index (κ1) is 13.5. The van der Waals surface area contributed by atoms with Crippen molar-refractivity contribution in [3.8, 4) is 5.75 Å². The van der Waals surface area contributed by atoms with E-state index in [1.807, 2.05) is 48.7 Å². The van der Waals surface area contributed by atoms with Crippen LogP contribution in [0.2, 0.25) is 5.02 Å². The van der Waals surface area contributed by atoms with Crippen LogP contribution in [0.3, 0.4) is 0 Å². The molecule has 0 amide bonds. The van der Waals surface area contributed by atoms with Gasteiger partial charge in [-0.1, -0.05) is 11.6 Å². The minimum absolute atomic E-state index is 0.702. The van der Waals surface area contributed by atoms with E-state index in [1.54, 1.807) is 13.3 Å². The number of ether oxygens (including phenoxy) is 1. The molecule has 106 valence electrons. The fourth-order valence-corrected chi connectivity index (χ4v) is 2.18. The van der Waals surface area contributed by atoms with Gasteiger partial charge in [0.1, 0.15) is 5.75 Å². The van der Waals surface area contributed by atoms with Crippen LogP contribution in [0.25, 0.3) is 10.9 Å². The van der Waals surface area contributed by atoms with Crippen LogP contribution in [0.1, 0.15) is 5.56 Å². The highest BCUT2D eigenvalue weighted by Crippen LogP contribution is 2.22. The number of rotatable bonds is 4. The van der Waals surface area contributed by atoms with Crippen molar-refractivity contribution in [2.45, 2.75) is 0 Å². The summed E-state index contributed by atoms with van der Waals surface area (Å²) in [6.45, 7) is 0. The standard InChI is InChI=1S/C16H14ClN3O/c1-21-14-6-7-16-15(8-14)11(9-18-16)10-19-20-13-4-2-12(17)3-5-13/h2-10,18,20H,1H3/b19-10-. The summed E-state index contributed by atoms with van der Waals surface area (Å²) in [6.07, 6.45) is 3.68. The van der Waals surface area contributed by atoms with E-state index in [2.05, 4.69) is 15.5 Å². The molecule has 3 aromatic rings. The molecule has 0 atom stereocenters. The third kappa shape index (κ3) is 3.01. The van der Waals surface area contributed by atoms with Gasteiger partial charge in [-0.3, -0.25) is 5.43 Å². The van der Waals surface area contributed by atoms with E-state index in [-0.39, 0.29) is 0 Å². The molecule has 0 radical (unpaired) electrons. The average molecular weight is 300 g/mol. The summed E-state index contributed by atoms with van der Waals surface area (Å²) in [7, 11) is 1.66. The number of aromatic nitrogens is 1. The lowest BCUT2D eigenvalue weighted by atomic mass is 10.2. The Morgan fingerprint density at radius 1 is 1.19 bits per heavy atom.